The summed E-state index contributed by atoms with van der Waals surface area (Å²) in [4.78, 5) is 17.3. The first-order chi connectivity index (χ1) is 14.7. The highest BCUT2D eigenvalue weighted by Gasteiger charge is 2.30. The van der Waals surface area contributed by atoms with Crippen LogP contribution in [0.1, 0.15) is 21.5 Å². The van der Waals surface area contributed by atoms with Gasteiger partial charge in [0.05, 0.1) is 28.4 Å². The molecule has 0 fully saturated rings. The number of hydrogen-bond donors (Lipinski definition) is 1. The number of halogens is 4. The van der Waals surface area contributed by atoms with E-state index in [2.05, 4.69) is 15.4 Å². The molecule has 1 N–H and O–H groups in total. The smallest absolute Gasteiger partial charge is 0.348 e. The predicted molar refractivity (Wildman–Crippen MR) is 107 cm³/mol. The zero-order valence-corrected chi connectivity index (χ0v) is 16.2. The van der Waals surface area contributed by atoms with Crippen LogP contribution in [-0.2, 0) is 19.8 Å². The largest absolute Gasteiger partial charge is 0.416 e. The molecule has 2 aromatic carbocycles. The van der Waals surface area contributed by atoms with Crippen molar-refractivity contribution < 1.29 is 22.4 Å². The number of rotatable bonds is 4. The Morgan fingerprint density at radius 1 is 1.10 bits per heavy atom. The van der Waals surface area contributed by atoms with E-state index in [0.29, 0.717) is 27.9 Å². The molecule has 0 radical (unpaired) electrons. The summed E-state index contributed by atoms with van der Waals surface area (Å²) >= 11 is 0. The van der Waals surface area contributed by atoms with Crippen LogP contribution in [0.15, 0.2) is 60.8 Å². The number of hydrogen-bond acceptors (Lipinski definition) is 3. The first-order valence-electron chi connectivity index (χ1n) is 9.26. The van der Waals surface area contributed by atoms with Gasteiger partial charge in [0.15, 0.2) is 5.65 Å². The second kappa shape index (κ2) is 7.82. The van der Waals surface area contributed by atoms with Crippen molar-refractivity contribution in [2.24, 2.45) is 7.05 Å². The number of nitrogens with zero attached hydrogens (tertiary/aromatic N) is 3. The molecule has 0 atom stereocenters. The van der Waals surface area contributed by atoms with Gasteiger partial charge in [0.2, 0.25) is 0 Å². The Morgan fingerprint density at radius 3 is 2.48 bits per heavy atom. The second-order valence-corrected chi connectivity index (χ2v) is 6.91. The van der Waals surface area contributed by atoms with E-state index in [1.165, 1.54) is 35.1 Å². The maximum atomic E-state index is 13.8. The summed E-state index contributed by atoms with van der Waals surface area (Å²) in [6, 6.07) is 12.1. The molecule has 2 aromatic heterocycles. The minimum Gasteiger partial charge on any atom is -0.348 e. The molecule has 0 bridgehead atoms. The first kappa shape index (κ1) is 20.5. The van der Waals surface area contributed by atoms with Gasteiger partial charge < -0.3 is 5.32 Å². The van der Waals surface area contributed by atoms with E-state index < -0.39 is 23.5 Å². The third kappa shape index (κ3) is 4.11. The summed E-state index contributed by atoms with van der Waals surface area (Å²) in [5.41, 5.74) is 0.925. The number of pyridine rings is 1. The Balaban J connectivity index is 1.70. The number of alkyl halides is 3. The zero-order valence-electron chi connectivity index (χ0n) is 16.2. The number of amides is 1. The van der Waals surface area contributed by atoms with Crippen molar-refractivity contribution in [1.29, 1.82) is 0 Å². The second-order valence-electron chi connectivity index (χ2n) is 6.91. The number of fused-ring (bicyclic) bond motifs is 1. The van der Waals surface area contributed by atoms with Gasteiger partial charge >= 0.3 is 6.18 Å². The molecule has 0 unspecified atom stereocenters. The number of nitrogens with one attached hydrogen (secondary N) is 1. The van der Waals surface area contributed by atoms with Crippen LogP contribution in [0.3, 0.4) is 0 Å². The molecule has 9 heteroatoms. The van der Waals surface area contributed by atoms with E-state index in [1.807, 2.05) is 0 Å². The Bertz CT molecular complexity index is 1260. The lowest BCUT2D eigenvalue weighted by molar-refractivity contribution is -0.137. The fraction of sp³-hybridized carbons (Fsp3) is 0.136. The van der Waals surface area contributed by atoms with Crippen molar-refractivity contribution in [3.8, 4) is 11.3 Å². The van der Waals surface area contributed by atoms with Gasteiger partial charge in [-0.3, -0.25) is 9.48 Å². The molecule has 1 amide bonds. The molecule has 5 nitrogen and oxygen atoms in total. The summed E-state index contributed by atoms with van der Waals surface area (Å²) in [5.74, 6) is -0.911. The normalized spacial score (nSPS) is 11.6. The number of carbonyl (C=O) groups is 1. The van der Waals surface area contributed by atoms with Gasteiger partial charge in [-0.15, -0.1) is 0 Å². The van der Waals surface area contributed by atoms with Gasteiger partial charge in [-0.25, -0.2) is 9.37 Å². The molecule has 2 heterocycles. The highest BCUT2D eigenvalue weighted by molar-refractivity contribution is 6.06. The fourth-order valence-electron chi connectivity index (χ4n) is 3.19. The molecule has 0 aliphatic rings. The quantitative estimate of drug-likeness (QED) is 0.479. The number of carbonyl (C=O) groups excluding carboxylic acids is 1. The topological polar surface area (TPSA) is 59.8 Å². The van der Waals surface area contributed by atoms with Gasteiger partial charge in [0.25, 0.3) is 5.91 Å². The number of aromatic nitrogens is 3. The highest BCUT2D eigenvalue weighted by atomic mass is 19.4. The zero-order chi connectivity index (χ0) is 22.2. The van der Waals surface area contributed by atoms with Gasteiger partial charge in [-0.2, -0.15) is 18.3 Å². The third-order valence-electron chi connectivity index (χ3n) is 4.85. The molecule has 158 valence electrons. The van der Waals surface area contributed by atoms with Crippen molar-refractivity contribution in [2.75, 3.05) is 0 Å². The minimum absolute atomic E-state index is 0.0226. The summed E-state index contributed by atoms with van der Waals surface area (Å²) in [5, 5.41) is 7.27. The van der Waals surface area contributed by atoms with Crippen LogP contribution in [0.25, 0.3) is 22.3 Å². The fourth-order valence-corrected chi connectivity index (χ4v) is 3.19. The molecule has 0 spiro atoms. The van der Waals surface area contributed by atoms with E-state index >= 15 is 0 Å². The molecule has 4 aromatic rings. The number of aryl methyl sites for hydroxylation is 1. The number of benzene rings is 2. The molecule has 0 aliphatic heterocycles. The van der Waals surface area contributed by atoms with Gasteiger partial charge in [0.1, 0.15) is 5.82 Å². The SMILES string of the molecule is Cn1ncc2c(C(=O)NCc3ccccc3F)cc(-c3ccc(C(F)(F)F)cc3)nc21. The predicted octanol–water partition coefficient (Wildman–Crippen LogP) is 4.72. The van der Waals surface area contributed by atoms with Crippen molar-refractivity contribution >= 4 is 16.9 Å². The maximum absolute atomic E-state index is 13.8. The summed E-state index contributed by atoms with van der Waals surface area (Å²) in [6.45, 7) is -0.0226. The summed E-state index contributed by atoms with van der Waals surface area (Å²) < 4.78 is 53.9. The summed E-state index contributed by atoms with van der Waals surface area (Å²) in [6.07, 6.45) is -2.97. The molecule has 0 saturated heterocycles. The van der Waals surface area contributed by atoms with E-state index in [9.17, 15) is 22.4 Å². The van der Waals surface area contributed by atoms with Crippen LogP contribution < -0.4 is 5.32 Å². The van der Waals surface area contributed by atoms with E-state index in [1.54, 1.807) is 25.2 Å². The van der Waals surface area contributed by atoms with E-state index in [0.717, 1.165) is 12.1 Å². The summed E-state index contributed by atoms with van der Waals surface area (Å²) in [7, 11) is 1.65. The van der Waals surface area contributed by atoms with Crippen LogP contribution in [0.4, 0.5) is 17.6 Å². The molecular weight excluding hydrogens is 412 g/mol. The van der Waals surface area contributed by atoms with E-state index in [-0.39, 0.29) is 12.1 Å². The monoisotopic (exact) mass is 428 g/mol. The Kier molecular flexibility index (Phi) is 5.18. The Morgan fingerprint density at radius 2 is 1.81 bits per heavy atom. The van der Waals surface area contributed by atoms with Crippen molar-refractivity contribution in [3.63, 3.8) is 0 Å². The van der Waals surface area contributed by atoms with Crippen LogP contribution in [-0.4, -0.2) is 20.7 Å². The third-order valence-corrected chi connectivity index (χ3v) is 4.85. The average molecular weight is 428 g/mol. The highest BCUT2D eigenvalue weighted by Crippen LogP contribution is 2.31. The lowest BCUT2D eigenvalue weighted by Crippen LogP contribution is -2.23. The van der Waals surface area contributed by atoms with Crippen LogP contribution >= 0.6 is 0 Å². The van der Waals surface area contributed by atoms with Crippen molar-refractivity contribution in [3.05, 3.63) is 83.3 Å². The van der Waals surface area contributed by atoms with Crippen molar-refractivity contribution in [1.82, 2.24) is 20.1 Å². The lowest BCUT2D eigenvalue weighted by atomic mass is 10.0. The Labute approximate surface area is 174 Å². The maximum Gasteiger partial charge on any atom is 0.416 e. The van der Waals surface area contributed by atoms with Gasteiger partial charge in [-0.1, -0.05) is 30.3 Å². The van der Waals surface area contributed by atoms with Crippen molar-refractivity contribution in [2.45, 2.75) is 12.7 Å². The first-order valence-corrected chi connectivity index (χ1v) is 9.26. The molecular formula is C22H16F4N4O. The minimum atomic E-state index is -4.45. The average Bonchev–Trinajstić information content (AvgIpc) is 3.12. The molecule has 4 rings (SSSR count). The van der Waals surface area contributed by atoms with Gasteiger partial charge in [-0.05, 0) is 24.3 Å². The standard InChI is InChI=1S/C22H16F4N4O/c1-30-20-17(12-28-30)16(21(31)27-11-14-4-2-3-5-18(14)23)10-19(29-20)13-6-8-15(9-7-13)22(24,25)26/h2-10,12H,11H2,1H3,(H,27,31). The van der Waals surface area contributed by atoms with E-state index in [4.69, 9.17) is 0 Å². The Hall–Kier alpha value is -3.75. The molecule has 0 aliphatic carbocycles. The van der Waals surface area contributed by atoms with Crippen LogP contribution in [0.2, 0.25) is 0 Å². The molecule has 0 saturated carbocycles. The van der Waals surface area contributed by atoms with Crippen LogP contribution in [0.5, 0.6) is 0 Å². The lowest BCUT2D eigenvalue weighted by Gasteiger charge is -2.11. The van der Waals surface area contributed by atoms with Gasteiger partial charge in [0, 0.05) is 24.7 Å². The van der Waals surface area contributed by atoms with Crippen LogP contribution in [0, 0.1) is 5.82 Å². The molecule has 31 heavy (non-hydrogen) atoms.